The smallest absolute Gasteiger partial charge is 0.225 e. The van der Waals surface area contributed by atoms with Crippen LogP contribution < -0.4 is 4.72 Å². The number of benzene rings is 1. The highest BCUT2D eigenvalue weighted by atomic mass is 79.9. The van der Waals surface area contributed by atoms with Crippen LogP contribution in [0.1, 0.15) is 5.56 Å². The van der Waals surface area contributed by atoms with E-state index < -0.39 is 10.0 Å². The van der Waals surface area contributed by atoms with E-state index in [1.165, 1.54) is 0 Å². The van der Waals surface area contributed by atoms with E-state index >= 15 is 0 Å². The molecule has 0 unspecified atom stereocenters. The highest BCUT2D eigenvalue weighted by molar-refractivity contribution is 9.10. The molecule has 1 N–H and O–H groups in total. The Labute approximate surface area is 124 Å². The number of sulfonamides is 1. The molecule has 100 valence electrons. The lowest BCUT2D eigenvalue weighted by molar-refractivity contribution is 0.580. The molecule has 0 fully saturated rings. The number of hydrogen-bond donors (Lipinski definition) is 1. The standard InChI is InChI=1S/C11H9BrClN3O2S/c12-10-4-2-1-3-8(10)5-16-19(17,18)9-6-14-11(13)15-7-9/h1-4,6-7,16H,5H2. The zero-order chi connectivity index (χ0) is 13.9. The van der Waals surface area contributed by atoms with Crippen molar-refractivity contribution in [1.82, 2.24) is 14.7 Å². The van der Waals surface area contributed by atoms with Crippen LogP contribution in [0.15, 0.2) is 46.0 Å². The van der Waals surface area contributed by atoms with E-state index in [1.807, 2.05) is 24.3 Å². The van der Waals surface area contributed by atoms with Crippen LogP contribution >= 0.6 is 27.5 Å². The monoisotopic (exact) mass is 361 g/mol. The van der Waals surface area contributed by atoms with Gasteiger partial charge in [-0.2, -0.15) is 0 Å². The summed E-state index contributed by atoms with van der Waals surface area (Å²) in [6.07, 6.45) is 2.33. The predicted octanol–water partition coefficient (Wildman–Crippen LogP) is 2.37. The third-order valence-corrected chi connectivity index (χ3v) is 4.64. The minimum atomic E-state index is -3.65. The van der Waals surface area contributed by atoms with Crippen LogP contribution in [0.4, 0.5) is 0 Å². The van der Waals surface area contributed by atoms with Gasteiger partial charge in [-0.05, 0) is 23.2 Å². The Morgan fingerprint density at radius 3 is 2.47 bits per heavy atom. The maximum atomic E-state index is 12.0. The van der Waals surface area contributed by atoms with Crippen molar-refractivity contribution in [3.63, 3.8) is 0 Å². The van der Waals surface area contributed by atoms with Gasteiger partial charge in [0.15, 0.2) is 0 Å². The molecular weight excluding hydrogens is 354 g/mol. The fourth-order valence-electron chi connectivity index (χ4n) is 1.34. The van der Waals surface area contributed by atoms with Crippen LogP contribution in [0.3, 0.4) is 0 Å². The number of nitrogens with one attached hydrogen (secondary N) is 1. The van der Waals surface area contributed by atoms with Gasteiger partial charge in [0.25, 0.3) is 0 Å². The van der Waals surface area contributed by atoms with Gasteiger partial charge in [0, 0.05) is 11.0 Å². The average molecular weight is 363 g/mol. The number of rotatable bonds is 4. The fraction of sp³-hybridized carbons (Fsp3) is 0.0909. The van der Waals surface area contributed by atoms with Crippen LogP contribution in [-0.4, -0.2) is 18.4 Å². The van der Waals surface area contributed by atoms with Crippen molar-refractivity contribution in [3.05, 3.63) is 52.0 Å². The lowest BCUT2D eigenvalue weighted by atomic mass is 10.2. The number of hydrogen-bond acceptors (Lipinski definition) is 4. The van der Waals surface area contributed by atoms with Crippen molar-refractivity contribution >= 4 is 37.6 Å². The third-order valence-electron chi connectivity index (χ3n) is 2.32. The molecule has 0 aliphatic heterocycles. The van der Waals surface area contributed by atoms with Crippen molar-refractivity contribution < 1.29 is 8.42 Å². The van der Waals surface area contributed by atoms with Crippen LogP contribution in [0.25, 0.3) is 0 Å². The first-order valence-corrected chi connectivity index (χ1v) is 7.85. The summed E-state index contributed by atoms with van der Waals surface area (Å²) in [6.45, 7) is 0.173. The summed E-state index contributed by atoms with van der Waals surface area (Å²) in [7, 11) is -3.65. The van der Waals surface area contributed by atoms with Gasteiger partial charge in [-0.15, -0.1) is 0 Å². The van der Waals surface area contributed by atoms with Crippen molar-refractivity contribution in [2.45, 2.75) is 11.4 Å². The van der Waals surface area contributed by atoms with Gasteiger partial charge in [-0.1, -0.05) is 34.1 Å². The maximum Gasteiger partial charge on any atom is 0.243 e. The second-order valence-electron chi connectivity index (χ2n) is 3.60. The molecule has 0 aliphatic rings. The van der Waals surface area contributed by atoms with Gasteiger partial charge in [0.2, 0.25) is 15.3 Å². The quantitative estimate of drug-likeness (QED) is 0.848. The Bertz CT molecular complexity index is 677. The maximum absolute atomic E-state index is 12.0. The molecule has 0 saturated heterocycles. The molecule has 2 aromatic rings. The van der Waals surface area contributed by atoms with Crippen LogP contribution in [-0.2, 0) is 16.6 Å². The van der Waals surface area contributed by atoms with Crippen molar-refractivity contribution in [1.29, 1.82) is 0 Å². The molecule has 1 aromatic carbocycles. The molecule has 0 aliphatic carbocycles. The molecule has 8 heteroatoms. The van der Waals surface area contributed by atoms with E-state index in [-0.39, 0.29) is 16.7 Å². The number of aromatic nitrogens is 2. The minimum Gasteiger partial charge on any atom is -0.225 e. The van der Waals surface area contributed by atoms with Crippen LogP contribution in [0.2, 0.25) is 5.28 Å². The summed E-state index contributed by atoms with van der Waals surface area (Å²) in [4.78, 5) is 7.26. The molecule has 19 heavy (non-hydrogen) atoms. The Morgan fingerprint density at radius 1 is 1.21 bits per heavy atom. The zero-order valence-electron chi connectivity index (χ0n) is 9.55. The van der Waals surface area contributed by atoms with E-state index in [4.69, 9.17) is 11.6 Å². The first-order valence-electron chi connectivity index (χ1n) is 5.19. The van der Waals surface area contributed by atoms with Gasteiger partial charge in [-0.25, -0.2) is 23.1 Å². The molecule has 0 bridgehead atoms. The lowest BCUT2D eigenvalue weighted by Crippen LogP contribution is -2.23. The SMILES string of the molecule is O=S(=O)(NCc1ccccc1Br)c1cnc(Cl)nc1. The van der Waals surface area contributed by atoms with Gasteiger partial charge in [-0.3, -0.25) is 0 Å². The summed E-state index contributed by atoms with van der Waals surface area (Å²) >= 11 is 8.86. The first-order chi connectivity index (χ1) is 8.99. The molecule has 0 atom stereocenters. The fourth-order valence-corrected chi connectivity index (χ4v) is 2.75. The summed E-state index contributed by atoms with van der Waals surface area (Å²) in [5, 5.41) is 0.00440. The van der Waals surface area contributed by atoms with Crippen molar-refractivity contribution in [2.75, 3.05) is 0 Å². The largest absolute Gasteiger partial charge is 0.243 e. The van der Waals surface area contributed by atoms with Crippen LogP contribution in [0, 0.1) is 0 Å². The molecular formula is C11H9BrClN3O2S. The number of nitrogens with zero attached hydrogens (tertiary/aromatic N) is 2. The zero-order valence-corrected chi connectivity index (χ0v) is 12.7. The Balaban J connectivity index is 2.14. The van der Waals surface area contributed by atoms with E-state index in [0.29, 0.717) is 0 Å². The minimum absolute atomic E-state index is 0.00440. The topological polar surface area (TPSA) is 72.0 Å². The molecule has 1 heterocycles. The molecule has 5 nitrogen and oxygen atoms in total. The molecule has 1 aromatic heterocycles. The number of halogens is 2. The van der Waals surface area contributed by atoms with Crippen LogP contribution in [0.5, 0.6) is 0 Å². The van der Waals surface area contributed by atoms with E-state index in [0.717, 1.165) is 22.4 Å². The first kappa shape index (κ1) is 14.4. The Hall–Kier alpha value is -1.02. The lowest BCUT2D eigenvalue weighted by Gasteiger charge is -2.07. The molecule has 0 spiro atoms. The summed E-state index contributed by atoms with van der Waals surface area (Å²) in [5.41, 5.74) is 0.834. The normalized spacial score (nSPS) is 11.5. The van der Waals surface area contributed by atoms with Crippen molar-refractivity contribution in [3.8, 4) is 0 Å². The average Bonchev–Trinajstić information content (AvgIpc) is 2.38. The highest BCUT2D eigenvalue weighted by Gasteiger charge is 2.15. The van der Waals surface area contributed by atoms with Gasteiger partial charge in [0.1, 0.15) is 4.90 Å². The van der Waals surface area contributed by atoms with Crippen molar-refractivity contribution in [2.24, 2.45) is 0 Å². The summed E-state index contributed by atoms with van der Waals surface area (Å²) < 4.78 is 27.3. The molecule has 0 saturated carbocycles. The Kier molecular flexibility index (Phi) is 4.51. The second kappa shape index (κ2) is 5.96. The van der Waals surface area contributed by atoms with Gasteiger partial charge in [0.05, 0.1) is 12.4 Å². The molecule has 0 radical (unpaired) electrons. The third kappa shape index (κ3) is 3.73. The van der Waals surface area contributed by atoms with E-state index in [1.54, 1.807) is 0 Å². The predicted molar refractivity (Wildman–Crippen MR) is 75.2 cm³/mol. The van der Waals surface area contributed by atoms with Gasteiger partial charge >= 0.3 is 0 Å². The molecule has 2 rings (SSSR count). The highest BCUT2D eigenvalue weighted by Crippen LogP contribution is 2.16. The van der Waals surface area contributed by atoms with Gasteiger partial charge < -0.3 is 0 Å². The summed E-state index contributed by atoms with van der Waals surface area (Å²) in [6, 6.07) is 7.36. The summed E-state index contributed by atoms with van der Waals surface area (Å²) in [5.74, 6) is 0. The Morgan fingerprint density at radius 2 is 1.84 bits per heavy atom. The van der Waals surface area contributed by atoms with E-state index in [2.05, 4.69) is 30.6 Å². The molecule has 0 amide bonds. The van der Waals surface area contributed by atoms with E-state index in [9.17, 15) is 8.42 Å². The second-order valence-corrected chi connectivity index (χ2v) is 6.56.